The number of H-pyrrole nitrogens is 1. The second-order valence-electron chi connectivity index (χ2n) is 5.42. The molecular weight excluding hydrogens is 300 g/mol. The molecule has 2 aromatic heterocycles. The molecule has 0 unspecified atom stereocenters. The monoisotopic (exact) mass is 314 g/mol. The van der Waals surface area contributed by atoms with E-state index in [1.807, 2.05) is 54.6 Å². The number of anilines is 1. The van der Waals surface area contributed by atoms with Crippen molar-refractivity contribution in [3.8, 4) is 11.3 Å². The third kappa shape index (κ3) is 2.75. The van der Waals surface area contributed by atoms with Gasteiger partial charge in [0.2, 0.25) is 0 Å². The zero-order valence-corrected chi connectivity index (χ0v) is 12.7. The van der Waals surface area contributed by atoms with E-state index in [4.69, 9.17) is 0 Å². The minimum Gasteiger partial charge on any atom is -0.322 e. The van der Waals surface area contributed by atoms with Crippen LogP contribution in [0.5, 0.6) is 0 Å². The first-order chi connectivity index (χ1) is 11.8. The number of benzene rings is 2. The van der Waals surface area contributed by atoms with E-state index >= 15 is 0 Å². The number of rotatable bonds is 3. The van der Waals surface area contributed by atoms with Gasteiger partial charge in [-0.15, -0.1) is 0 Å². The molecular formula is C19H14N4O. The van der Waals surface area contributed by atoms with Crippen LogP contribution in [-0.2, 0) is 0 Å². The third-order valence-corrected chi connectivity index (χ3v) is 3.80. The van der Waals surface area contributed by atoms with Crippen molar-refractivity contribution in [3.63, 3.8) is 0 Å². The Balaban J connectivity index is 1.53. The largest absolute Gasteiger partial charge is 0.322 e. The molecule has 0 aliphatic rings. The Hall–Kier alpha value is -3.47. The number of fused-ring (bicyclic) bond motifs is 1. The first-order valence-corrected chi connectivity index (χ1v) is 7.55. The number of hydrogen-bond donors (Lipinski definition) is 2. The minimum atomic E-state index is -0.194. The molecule has 2 N–H and O–H groups in total. The molecule has 0 aliphatic heterocycles. The lowest BCUT2D eigenvalue weighted by Gasteiger charge is -2.06. The molecule has 116 valence electrons. The highest BCUT2D eigenvalue weighted by Crippen LogP contribution is 2.19. The Morgan fingerprint density at radius 2 is 1.83 bits per heavy atom. The molecule has 5 heteroatoms. The smallest absolute Gasteiger partial charge is 0.257 e. The number of nitrogens with one attached hydrogen (secondary N) is 2. The van der Waals surface area contributed by atoms with E-state index in [1.54, 1.807) is 18.5 Å². The first-order valence-electron chi connectivity index (χ1n) is 7.55. The Bertz CT molecular complexity index is 991. The molecule has 0 atom stereocenters. The lowest BCUT2D eigenvalue weighted by Crippen LogP contribution is -2.12. The lowest BCUT2D eigenvalue weighted by atomic mass is 10.1. The first kappa shape index (κ1) is 14.1. The Morgan fingerprint density at radius 3 is 2.62 bits per heavy atom. The van der Waals surface area contributed by atoms with E-state index in [1.165, 1.54) is 0 Å². The van der Waals surface area contributed by atoms with Crippen LogP contribution in [0.25, 0.3) is 22.2 Å². The predicted octanol–water partition coefficient (Wildman–Crippen LogP) is 3.88. The van der Waals surface area contributed by atoms with Crippen molar-refractivity contribution in [1.82, 2.24) is 15.2 Å². The summed E-state index contributed by atoms with van der Waals surface area (Å²) in [4.78, 5) is 16.7. The van der Waals surface area contributed by atoms with Gasteiger partial charge in [0, 0.05) is 22.8 Å². The van der Waals surface area contributed by atoms with Crippen LogP contribution in [0.2, 0.25) is 0 Å². The van der Waals surface area contributed by atoms with Gasteiger partial charge in [-0.2, -0.15) is 5.10 Å². The molecule has 0 bridgehead atoms. The summed E-state index contributed by atoms with van der Waals surface area (Å²) in [6, 6.07) is 19.1. The van der Waals surface area contributed by atoms with Crippen LogP contribution in [0.4, 0.5) is 5.69 Å². The van der Waals surface area contributed by atoms with Crippen molar-refractivity contribution in [3.05, 3.63) is 78.6 Å². The normalized spacial score (nSPS) is 10.7. The van der Waals surface area contributed by atoms with Gasteiger partial charge >= 0.3 is 0 Å². The van der Waals surface area contributed by atoms with Gasteiger partial charge in [0.1, 0.15) is 0 Å². The van der Waals surface area contributed by atoms with E-state index in [-0.39, 0.29) is 5.91 Å². The van der Waals surface area contributed by atoms with Crippen molar-refractivity contribution >= 4 is 22.5 Å². The van der Waals surface area contributed by atoms with Gasteiger partial charge in [-0.05, 0) is 30.3 Å². The Labute approximate surface area is 138 Å². The van der Waals surface area contributed by atoms with Gasteiger partial charge in [-0.1, -0.05) is 30.3 Å². The highest BCUT2D eigenvalue weighted by atomic mass is 16.1. The quantitative estimate of drug-likeness (QED) is 0.603. The van der Waals surface area contributed by atoms with Crippen LogP contribution < -0.4 is 5.32 Å². The second kappa shape index (κ2) is 5.96. The van der Waals surface area contributed by atoms with Gasteiger partial charge < -0.3 is 5.32 Å². The van der Waals surface area contributed by atoms with Crippen molar-refractivity contribution < 1.29 is 4.79 Å². The standard InChI is InChI=1S/C19H14N4O/c24-19(22-16-8-6-14-12-21-23-18(14)10-16)15-7-9-17(20-11-15)13-4-2-1-3-5-13/h1-12H,(H,21,23)(H,22,24). The predicted molar refractivity (Wildman–Crippen MR) is 93.7 cm³/mol. The van der Waals surface area contributed by atoms with Gasteiger partial charge in [-0.25, -0.2) is 0 Å². The maximum Gasteiger partial charge on any atom is 0.257 e. The third-order valence-electron chi connectivity index (χ3n) is 3.80. The number of amides is 1. The summed E-state index contributed by atoms with van der Waals surface area (Å²) < 4.78 is 0. The molecule has 0 aliphatic carbocycles. The summed E-state index contributed by atoms with van der Waals surface area (Å²) in [6.07, 6.45) is 3.33. The molecule has 4 rings (SSSR count). The molecule has 2 aromatic carbocycles. The molecule has 4 aromatic rings. The number of nitrogens with zero attached hydrogens (tertiary/aromatic N) is 2. The van der Waals surface area contributed by atoms with E-state index in [2.05, 4.69) is 20.5 Å². The van der Waals surface area contributed by atoms with Crippen LogP contribution >= 0.6 is 0 Å². The molecule has 0 spiro atoms. The van der Waals surface area contributed by atoms with E-state index in [9.17, 15) is 4.79 Å². The number of carbonyl (C=O) groups is 1. The molecule has 24 heavy (non-hydrogen) atoms. The summed E-state index contributed by atoms with van der Waals surface area (Å²) in [6.45, 7) is 0. The maximum absolute atomic E-state index is 12.4. The molecule has 0 fully saturated rings. The summed E-state index contributed by atoms with van der Waals surface area (Å²) in [5.41, 5.74) is 3.97. The van der Waals surface area contributed by atoms with Crippen LogP contribution in [0.15, 0.2) is 73.1 Å². The minimum absolute atomic E-state index is 0.194. The highest BCUT2D eigenvalue weighted by Gasteiger charge is 2.08. The van der Waals surface area contributed by atoms with Gasteiger partial charge in [0.05, 0.1) is 23.0 Å². The fourth-order valence-electron chi connectivity index (χ4n) is 2.53. The molecule has 0 saturated heterocycles. The average molecular weight is 314 g/mol. The second-order valence-corrected chi connectivity index (χ2v) is 5.42. The number of aromatic amines is 1. The van der Waals surface area contributed by atoms with Crippen LogP contribution in [-0.4, -0.2) is 21.1 Å². The SMILES string of the molecule is O=C(Nc1ccc2cn[nH]c2c1)c1ccc(-c2ccccc2)nc1. The maximum atomic E-state index is 12.4. The van der Waals surface area contributed by atoms with Crippen LogP contribution in [0.3, 0.4) is 0 Å². The van der Waals surface area contributed by atoms with E-state index in [0.29, 0.717) is 11.3 Å². The fourth-order valence-corrected chi connectivity index (χ4v) is 2.53. The van der Waals surface area contributed by atoms with Crippen LogP contribution in [0, 0.1) is 0 Å². The summed E-state index contributed by atoms with van der Waals surface area (Å²) in [5, 5.41) is 10.7. The topological polar surface area (TPSA) is 70.7 Å². The van der Waals surface area contributed by atoms with E-state index < -0.39 is 0 Å². The summed E-state index contributed by atoms with van der Waals surface area (Å²) in [7, 11) is 0. The average Bonchev–Trinajstić information content (AvgIpc) is 3.10. The van der Waals surface area contributed by atoms with Crippen molar-refractivity contribution in [2.24, 2.45) is 0 Å². The zero-order valence-electron chi connectivity index (χ0n) is 12.7. The van der Waals surface area contributed by atoms with Crippen molar-refractivity contribution in [2.45, 2.75) is 0 Å². The van der Waals surface area contributed by atoms with Crippen LogP contribution in [0.1, 0.15) is 10.4 Å². The van der Waals surface area contributed by atoms with Crippen molar-refractivity contribution in [1.29, 1.82) is 0 Å². The highest BCUT2D eigenvalue weighted by molar-refractivity contribution is 6.05. The summed E-state index contributed by atoms with van der Waals surface area (Å²) in [5.74, 6) is -0.194. The number of pyridine rings is 1. The molecule has 2 heterocycles. The van der Waals surface area contributed by atoms with Gasteiger partial charge in [0.25, 0.3) is 5.91 Å². The Kier molecular flexibility index (Phi) is 3.51. The molecule has 1 amide bonds. The number of aromatic nitrogens is 3. The summed E-state index contributed by atoms with van der Waals surface area (Å²) >= 11 is 0. The van der Waals surface area contributed by atoms with E-state index in [0.717, 1.165) is 22.2 Å². The van der Waals surface area contributed by atoms with Gasteiger partial charge in [0.15, 0.2) is 0 Å². The van der Waals surface area contributed by atoms with Gasteiger partial charge in [-0.3, -0.25) is 14.9 Å². The zero-order chi connectivity index (χ0) is 16.4. The molecule has 0 radical (unpaired) electrons. The Morgan fingerprint density at radius 1 is 0.958 bits per heavy atom. The molecule has 0 saturated carbocycles. The van der Waals surface area contributed by atoms with Crippen molar-refractivity contribution in [2.75, 3.05) is 5.32 Å². The lowest BCUT2D eigenvalue weighted by molar-refractivity contribution is 0.102. The fraction of sp³-hybridized carbons (Fsp3) is 0. The number of hydrogen-bond acceptors (Lipinski definition) is 3. The molecule has 5 nitrogen and oxygen atoms in total. The number of carbonyl (C=O) groups excluding carboxylic acids is 1.